The summed E-state index contributed by atoms with van der Waals surface area (Å²) in [7, 11) is -1.78. The number of benzene rings is 3. The Morgan fingerprint density at radius 1 is 0.774 bits per heavy atom. The molecule has 162 valence electrons. The van der Waals surface area contributed by atoms with E-state index in [1.54, 1.807) is 0 Å². The molecular weight excluding hydrogens is 462 g/mol. The Hall–Kier alpha value is -2.14. The number of hydrogen-bond donors (Lipinski definition) is 0. The largest absolute Gasteiger partial charge is 0.546 e. The van der Waals surface area contributed by atoms with E-state index in [9.17, 15) is 0 Å². The molecule has 3 rings (SSSR count). The van der Waals surface area contributed by atoms with Crippen LogP contribution in [0, 0.1) is 0 Å². The lowest BCUT2D eigenvalue weighted by Crippen LogP contribution is -2.41. The fourth-order valence-corrected chi connectivity index (χ4v) is 5.15. The van der Waals surface area contributed by atoms with Gasteiger partial charge in [-0.2, -0.15) is 0 Å². The second-order valence-corrected chi connectivity index (χ2v) is 13.7. The van der Waals surface area contributed by atoms with Gasteiger partial charge in [0, 0.05) is 18.1 Å². The third-order valence-electron chi connectivity index (χ3n) is 5.03. The van der Waals surface area contributed by atoms with Crippen molar-refractivity contribution in [3.8, 4) is 0 Å². The standard InChI is InChI=1S/C27H32BrNOSi/c1-31(2,3)30-27(20-28)26(19-23-13-7-4-8-14-23)29(21-24-15-9-5-10-16-24)22-25-17-11-6-12-18-25/h4-18,20,26H,19,21-22H2,1-3H3/b27-20-/t26-/m0/s1. The van der Waals surface area contributed by atoms with E-state index in [2.05, 4.69) is 131 Å². The molecule has 3 aromatic carbocycles. The van der Waals surface area contributed by atoms with Gasteiger partial charge in [-0.25, -0.2) is 0 Å². The lowest BCUT2D eigenvalue weighted by atomic mass is 10.0. The molecule has 0 aromatic heterocycles. The van der Waals surface area contributed by atoms with Crippen molar-refractivity contribution >= 4 is 24.2 Å². The van der Waals surface area contributed by atoms with Crippen LogP contribution >= 0.6 is 15.9 Å². The zero-order valence-corrected chi connectivity index (χ0v) is 21.3. The average molecular weight is 495 g/mol. The van der Waals surface area contributed by atoms with E-state index in [0.717, 1.165) is 25.3 Å². The summed E-state index contributed by atoms with van der Waals surface area (Å²) >= 11 is 3.63. The van der Waals surface area contributed by atoms with Gasteiger partial charge >= 0.3 is 0 Å². The Morgan fingerprint density at radius 3 is 1.58 bits per heavy atom. The maximum absolute atomic E-state index is 6.59. The molecule has 0 radical (unpaired) electrons. The number of nitrogens with zero attached hydrogens (tertiary/aromatic N) is 1. The maximum Gasteiger partial charge on any atom is 0.241 e. The van der Waals surface area contributed by atoms with Crippen LogP contribution in [0.1, 0.15) is 16.7 Å². The summed E-state index contributed by atoms with van der Waals surface area (Å²) in [5.74, 6) is 1.01. The van der Waals surface area contributed by atoms with Gasteiger partial charge < -0.3 is 4.43 Å². The van der Waals surface area contributed by atoms with Crippen LogP contribution in [0.15, 0.2) is 102 Å². The second kappa shape index (κ2) is 11.5. The van der Waals surface area contributed by atoms with Crippen LogP contribution < -0.4 is 0 Å². The van der Waals surface area contributed by atoms with Crippen LogP contribution in [0.2, 0.25) is 19.6 Å². The van der Waals surface area contributed by atoms with Crippen LogP contribution in [0.25, 0.3) is 0 Å². The van der Waals surface area contributed by atoms with Gasteiger partial charge in [-0.3, -0.25) is 4.90 Å². The molecule has 0 N–H and O–H groups in total. The first-order valence-corrected chi connectivity index (χ1v) is 15.1. The normalized spacial score (nSPS) is 13.3. The van der Waals surface area contributed by atoms with Gasteiger partial charge in [0.25, 0.3) is 0 Å². The summed E-state index contributed by atoms with van der Waals surface area (Å²) < 4.78 is 6.59. The maximum atomic E-state index is 6.59. The van der Waals surface area contributed by atoms with Gasteiger partial charge in [-0.15, -0.1) is 0 Å². The minimum absolute atomic E-state index is 0.119. The van der Waals surface area contributed by atoms with Crippen molar-refractivity contribution in [1.29, 1.82) is 0 Å². The molecule has 0 fully saturated rings. The molecule has 0 bridgehead atoms. The molecule has 0 aliphatic rings. The molecule has 3 aromatic rings. The molecule has 0 saturated carbocycles. The fourth-order valence-electron chi connectivity index (χ4n) is 3.68. The van der Waals surface area contributed by atoms with Crippen molar-refractivity contribution in [3.63, 3.8) is 0 Å². The quantitative estimate of drug-likeness (QED) is 0.215. The number of rotatable bonds is 10. The van der Waals surface area contributed by atoms with Gasteiger partial charge in [-0.1, -0.05) is 107 Å². The SMILES string of the molecule is C[Si](C)(C)O/C(=C\Br)[C@H](Cc1ccccc1)N(Cc1ccccc1)Cc1ccccc1. The summed E-state index contributed by atoms with van der Waals surface area (Å²) in [5.41, 5.74) is 3.92. The Bertz CT molecular complexity index is 898. The molecule has 1 atom stereocenters. The first kappa shape index (κ1) is 23.5. The molecule has 0 spiro atoms. The molecule has 0 aliphatic heterocycles. The Labute approximate surface area is 196 Å². The average Bonchev–Trinajstić information content (AvgIpc) is 2.77. The highest BCUT2D eigenvalue weighted by Gasteiger charge is 2.28. The number of hydrogen-bond acceptors (Lipinski definition) is 2. The monoisotopic (exact) mass is 493 g/mol. The van der Waals surface area contributed by atoms with Crippen molar-refractivity contribution in [3.05, 3.63) is 118 Å². The van der Waals surface area contributed by atoms with Crippen LogP contribution in [0.4, 0.5) is 0 Å². The number of halogens is 1. The first-order valence-electron chi connectivity index (χ1n) is 10.8. The lowest BCUT2D eigenvalue weighted by Gasteiger charge is -2.36. The van der Waals surface area contributed by atoms with E-state index in [1.165, 1.54) is 16.7 Å². The van der Waals surface area contributed by atoms with Gasteiger partial charge in [0.1, 0.15) is 5.76 Å². The summed E-state index contributed by atoms with van der Waals surface area (Å²) in [4.78, 5) is 4.52. The van der Waals surface area contributed by atoms with Crippen molar-refractivity contribution in [2.24, 2.45) is 0 Å². The first-order chi connectivity index (χ1) is 14.9. The van der Waals surface area contributed by atoms with E-state index in [1.807, 2.05) is 4.99 Å². The second-order valence-electron chi connectivity index (χ2n) is 8.81. The van der Waals surface area contributed by atoms with E-state index in [0.29, 0.717) is 0 Å². The molecule has 0 saturated heterocycles. The summed E-state index contributed by atoms with van der Waals surface area (Å²) in [5, 5.41) is 0. The summed E-state index contributed by atoms with van der Waals surface area (Å²) in [6, 6.07) is 32.2. The molecule has 2 nitrogen and oxygen atoms in total. The van der Waals surface area contributed by atoms with Crippen LogP contribution in [-0.4, -0.2) is 19.3 Å². The molecule has 4 heteroatoms. The van der Waals surface area contributed by atoms with E-state index >= 15 is 0 Å². The molecule has 31 heavy (non-hydrogen) atoms. The molecular formula is C27H32BrNOSi. The van der Waals surface area contributed by atoms with Crippen LogP contribution in [0.5, 0.6) is 0 Å². The van der Waals surface area contributed by atoms with Crippen molar-refractivity contribution in [1.82, 2.24) is 4.90 Å². The molecule has 0 aliphatic carbocycles. The zero-order valence-electron chi connectivity index (χ0n) is 18.7. The van der Waals surface area contributed by atoms with Crippen LogP contribution in [-0.2, 0) is 23.9 Å². The van der Waals surface area contributed by atoms with Crippen molar-refractivity contribution in [2.75, 3.05) is 0 Å². The van der Waals surface area contributed by atoms with Crippen molar-refractivity contribution < 1.29 is 4.43 Å². The predicted octanol–water partition coefficient (Wildman–Crippen LogP) is 7.39. The molecule has 0 heterocycles. The Morgan fingerprint density at radius 2 is 1.19 bits per heavy atom. The third kappa shape index (κ3) is 7.80. The van der Waals surface area contributed by atoms with Crippen molar-refractivity contribution in [2.45, 2.75) is 45.2 Å². The van der Waals surface area contributed by atoms with Gasteiger partial charge in [0.05, 0.1) is 6.04 Å². The molecule has 0 amide bonds. The highest BCUT2D eigenvalue weighted by Crippen LogP contribution is 2.26. The predicted molar refractivity (Wildman–Crippen MR) is 138 cm³/mol. The minimum Gasteiger partial charge on any atom is -0.546 e. The van der Waals surface area contributed by atoms with Gasteiger partial charge in [0.15, 0.2) is 0 Å². The zero-order chi connectivity index (χ0) is 22.1. The topological polar surface area (TPSA) is 12.5 Å². The Balaban J connectivity index is 1.99. The van der Waals surface area contributed by atoms with E-state index in [-0.39, 0.29) is 6.04 Å². The van der Waals surface area contributed by atoms with Gasteiger partial charge in [0.2, 0.25) is 8.32 Å². The highest BCUT2D eigenvalue weighted by molar-refractivity contribution is 9.11. The summed E-state index contributed by atoms with van der Waals surface area (Å²) in [6.07, 6.45) is 0.891. The smallest absolute Gasteiger partial charge is 0.241 e. The Kier molecular flexibility index (Phi) is 8.70. The van der Waals surface area contributed by atoms with Crippen LogP contribution in [0.3, 0.4) is 0 Å². The fraction of sp³-hybridized carbons (Fsp3) is 0.259. The van der Waals surface area contributed by atoms with Gasteiger partial charge in [-0.05, 0) is 42.8 Å². The highest BCUT2D eigenvalue weighted by atomic mass is 79.9. The summed E-state index contributed by atoms with van der Waals surface area (Å²) in [6.45, 7) is 8.42. The van der Waals surface area contributed by atoms with E-state index < -0.39 is 8.32 Å². The van der Waals surface area contributed by atoms with E-state index in [4.69, 9.17) is 4.43 Å². The molecule has 0 unspecified atom stereocenters. The minimum atomic E-state index is -1.78. The lowest BCUT2D eigenvalue weighted by molar-refractivity contribution is 0.163. The third-order valence-corrected chi connectivity index (χ3v) is 6.33.